The number of carbonyl (C=O) groups excluding carboxylic acids is 2. The Labute approximate surface area is 220 Å². The predicted octanol–water partition coefficient (Wildman–Crippen LogP) is 4.61. The van der Waals surface area contributed by atoms with Crippen molar-refractivity contribution in [1.82, 2.24) is 0 Å². The number of aryl methyl sites for hydroxylation is 1. The number of hydrogen-bond acceptors (Lipinski definition) is 7. The van der Waals surface area contributed by atoms with Crippen LogP contribution in [0.5, 0.6) is 0 Å². The van der Waals surface area contributed by atoms with Gasteiger partial charge in [0.1, 0.15) is 11.9 Å². The van der Waals surface area contributed by atoms with E-state index in [1.807, 2.05) is 20.8 Å². The second-order valence-electron chi connectivity index (χ2n) is 12.1. The summed E-state index contributed by atoms with van der Waals surface area (Å²) < 4.78 is 36.1. The largest absolute Gasteiger partial charge is 0.460 e. The van der Waals surface area contributed by atoms with Gasteiger partial charge in [-0.1, -0.05) is 51.5 Å². The van der Waals surface area contributed by atoms with Gasteiger partial charge in [-0.15, -0.1) is 6.58 Å². The summed E-state index contributed by atoms with van der Waals surface area (Å²) in [7, 11) is -4.15. The van der Waals surface area contributed by atoms with E-state index in [0.29, 0.717) is 12.8 Å². The molecule has 1 unspecified atom stereocenters. The van der Waals surface area contributed by atoms with Crippen molar-refractivity contribution in [3.05, 3.63) is 42.5 Å². The lowest BCUT2D eigenvalue weighted by molar-refractivity contribution is -0.197. The third kappa shape index (κ3) is 4.49. The number of ether oxygens (including phenoxy) is 1. The van der Waals surface area contributed by atoms with E-state index in [9.17, 15) is 23.1 Å². The van der Waals surface area contributed by atoms with Gasteiger partial charge in [0.25, 0.3) is 10.1 Å². The minimum Gasteiger partial charge on any atom is -0.460 e. The van der Waals surface area contributed by atoms with Crippen molar-refractivity contribution in [3.63, 3.8) is 0 Å². The fraction of sp³-hybridized carbons (Fsp3) is 0.655. The maximum Gasteiger partial charge on any atom is 0.333 e. The molecule has 204 valence electrons. The number of rotatable bonds is 6. The number of carbonyl (C=O) groups is 2. The number of esters is 1. The maximum absolute atomic E-state index is 13.3. The van der Waals surface area contributed by atoms with Gasteiger partial charge < -0.3 is 9.84 Å². The third-order valence-corrected chi connectivity index (χ3v) is 11.5. The van der Waals surface area contributed by atoms with Gasteiger partial charge in [0.2, 0.25) is 0 Å². The van der Waals surface area contributed by atoms with Crippen molar-refractivity contribution in [3.8, 4) is 0 Å². The lowest BCUT2D eigenvalue weighted by Gasteiger charge is -2.61. The second-order valence-corrected chi connectivity index (χ2v) is 13.7. The Balaban J connectivity index is 1.62. The molecule has 3 fully saturated rings. The highest BCUT2D eigenvalue weighted by molar-refractivity contribution is 7.86. The summed E-state index contributed by atoms with van der Waals surface area (Å²) in [6, 6.07) is 6.15. The Kier molecular flexibility index (Phi) is 7.27. The summed E-state index contributed by atoms with van der Waals surface area (Å²) >= 11 is 0. The SMILES string of the molecule is C=C[C@@]1(C)[C@@H](OC(=O)COS(=O)(=O)c2ccc(C)cc2)C[C@]2(C)C(C)CC[C@]3(CCC(=O)[C@H]32)[C@@H](C)[C@@H]1O. The first-order valence-electron chi connectivity index (χ1n) is 13.2. The van der Waals surface area contributed by atoms with Gasteiger partial charge >= 0.3 is 5.97 Å². The van der Waals surface area contributed by atoms with Crippen molar-refractivity contribution in [2.45, 2.75) is 83.8 Å². The molecule has 37 heavy (non-hydrogen) atoms. The average Bonchev–Trinajstić information content (AvgIpc) is 3.21. The van der Waals surface area contributed by atoms with Gasteiger partial charge in [-0.2, -0.15) is 8.42 Å². The molecule has 3 aliphatic carbocycles. The predicted molar refractivity (Wildman–Crippen MR) is 139 cm³/mol. The summed E-state index contributed by atoms with van der Waals surface area (Å²) in [5.41, 5.74) is -0.825. The normalized spacial score (nSPS) is 39.8. The minimum absolute atomic E-state index is 0.0448. The van der Waals surface area contributed by atoms with Crippen LogP contribution in [-0.4, -0.2) is 44.1 Å². The Bertz CT molecular complexity index is 1180. The molecule has 0 saturated heterocycles. The molecule has 0 aromatic heterocycles. The van der Waals surface area contributed by atoms with Gasteiger partial charge in [-0.25, -0.2) is 4.79 Å². The van der Waals surface area contributed by atoms with Crippen LogP contribution in [0, 0.1) is 40.9 Å². The van der Waals surface area contributed by atoms with Crippen LogP contribution in [-0.2, 0) is 28.6 Å². The number of benzene rings is 1. The van der Waals surface area contributed by atoms with Gasteiger partial charge in [0.05, 0.1) is 11.0 Å². The molecule has 0 aliphatic heterocycles. The number of ketones is 1. The molecule has 0 amide bonds. The quantitative estimate of drug-likeness (QED) is 0.324. The first-order valence-corrected chi connectivity index (χ1v) is 14.6. The van der Waals surface area contributed by atoms with Crippen LogP contribution >= 0.6 is 0 Å². The van der Waals surface area contributed by atoms with Crippen LogP contribution in [0.25, 0.3) is 0 Å². The van der Waals surface area contributed by atoms with Crippen molar-refractivity contribution in [1.29, 1.82) is 0 Å². The highest BCUT2D eigenvalue weighted by Crippen LogP contribution is 2.67. The van der Waals surface area contributed by atoms with Crippen LogP contribution in [0.4, 0.5) is 0 Å². The van der Waals surface area contributed by atoms with E-state index in [1.54, 1.807) is 18.2 Å². The van der Waals surface area contributed by atoms with E-state index in [-0.39, 0.29) is 33.8 Å². The third-order valence-electron chi connectivity index (χ3n) is 10.3. The van der Waals surface area contributed by atoms with Gasteiger partial charge in [-0.05, 0) is 67.4 Å². The Hall–Kier alpha value is -2.03. The second kappa shape index (κ2) is 9.62. The topological polar surface area (TPSA) is 107 Å². The molecule has 4 rings (SSSR count). The standard InChI is InChI=1S/C29H40O7S/c1-7-27(5)23(36-24(31)17-35-37(33,34)21-10-8-18(2)9-11-21)16-28(6)19(3)12-14-29(20(4)26(27)32)15-13-22(30)25(28)29/h7-11,19-20,23,25-26,32H,1,12-17H2,2-6H3/t19?,20-,23-,25-,26-,27-,28+,29-/m0/s1. The molecule has 8 atom stereocenters. The molecule has 0 spiro atoms. The zero-order chi connectivity index (χ0) is 27.4. The minimum atomic E-state index is -4.15. The molecule has 1 N–H and O–H groups in total. The molecule has 3 aliphatic rings. The van der Waals surface area contributed by atoms with Crippen LogP contribution in [0.15, 0.2) is 41.8 Å². The fourth-order valence-electron chi connectivity index (χ4n) is 7.57. The van der Waals surface area contributed by atoms with Crippen LogP contribution in [0.1, 0.15) is 65.4 Å². The molecular formula is C29H40O7S. The van der Waals surface area contributed by atoms with E-state index in [2.05, 4.69) is 20.4 Å². The first-order chi connectivity index (χ1) is 17.2. The van der Waals surface area contributed by atoms with E-state index in [4.69, 9.17) is 8.92 Å². The molecule has 1 aromatic carbocycles. The summed E-state index contributed by atoms with van der Waals surface area (Å²) in [6.07, 6.45) is 3.40. The van der Waals surface area contributed by atoms with Crippen LogP contribution < -0.4 is 0 Å². The molecule has 8 heteroatoms. The zero-order valence-electron chi connectivity index (χ0n) is 22.5. The number of aliphatic hydroxyl groups is 1. The molecular weight excluding hydrogens is 492 g/mol. The highest BCUT2D eigenvalue weighted by Gasteiger charge is 2.67. The molecule has 2 bridgehead atoms. The lowest BCUT2D eigenvalue weighted by Crippen LogP contribution is -2.62. The Morgan fingerprint density at radius 3 is 2.46 bits per heavy atom. The van der Waals surface area contributed by atoms with E-state index >= 15 is 0 Å². The monoisotopic (exact) mass is 532 g/mol. The van der Waals surface area contributed by atoms with Crippen molar-refractivity contribution in [2.75, 3.05) is 6.61 Å². The Morgan fingerprint density at radius 2 is 1.84 bits per heavy atom. The Morgan fingerprint density at radius 1 is 1.19 bits per heavy atom. The van der Waals surface area contributed by atoms with E-state index < -0.39 is 45.7 Å². The van der Waals surface area contributed by atoms with Crippen molar-refractivity contribution >= 4 is 21.9 Å². The number of aliphatic hydroxyl groups excluding tert-OH is 1. The smallest absolute Gasteiger partial charge is 0.333 e. The van der Waals surface area contributed by atoms with Gasteiger partial charge in [0, 0.05) is 17.8 Å². The average molecular weight is 533 g/mol. The zero-order valence-corrected chi connectivity index (χ0v) is 23.3. The molecule has 0 heterocycles. The van der Waals surface area contributed by atoms with E-state index in [1.165, 1.54) is 12.1 Å². The van der Waals surface area contributed by atoms with Crippen LogP contribution in [0.3, 0.4) is 0 Å². The van der Waals surface area contributed by atoms with Crippen molar-refractivity contribution < 1.29 is 32.0 Å². The van der Waals surface area contributed by atoms with Gasteiger partial charge in [-0.3, -0.25) is 8.98 Å². The summed E-state index contributed by atoms with van der Waals surface area (Å²) in [4.78, 5) is 26.3. The highest BCUT2D eigenvalue weighted by atomic mass is 32.2. The van der Waals surface area contributed by atoms with E-state index in [0.717, 1.165) is 24.8 Å². The molecule has 7 nitrogen and oxygen atoms in total. The van der Waals surface area contributed by atoms with Crippen LogP contribution in [0.2, 0.25) is 0 Å². The van der Waals surface area contributed by atoms with Crippen molar-refractivity contribution in [2.24, 2.45) is 34.0 Å². The molecule has 3 saturated carbocycles. The van der Waals surface area contributed by atoms with Gasteiger partial charge in [0.15, 0.2) is 6.61 Å². The fourth-order valence-corrected chi connectivity index (χ4v) is 8.43. The summed E-state index contributed by atoms with van der Waals surface area (Å²) in [5.74, 6) is -0.831. The lowest BCUT2D eigenvalue weighted by atomic mass is 9.44. The molecule has 0 radical (unpaired) electrons. The number of hydrogen-bond donors (Lipinski definition) is 1. The summed E-state index contributed by atoms with van der Waals surface area (Å²) in [5, 5.41) is 11.7. The summed E-state index contributed by atoms with van der Waals surface area (Å²) in [6.45, 7) is 13.2. The number of Topliss-reactive ketones (excluding diaryl/α,β-unsaturated/α-hetero) is 1. The molecule has 1 aromatic rings. The maximum atomic E-state index is 13.3. The first kappa shape index (κ1) is 28.0.